The molecule has 1 N–H and O–H groups in total. The number of oxazole rings is 1. The van der Waals surface area contributed by atoms with Crippen LogP contribution < -0.4 is 0 Å². The number of aromatic carboxylic acids is 1. The van der Waals surface area contributed by atoms with E-state index in [1.807, 2.05) is 0 Å². The van der Waals surface area contributed by atoms with Crippen molar-refractivity contribution in [3.63, 3.8) is 0 Å². The molecule has 17 heavy (non-hydrogen) atoms. The summed E-state index contributed by atoms with van der Waals surface area (Å²) in [6.07, 6.45) is 1.13. The van der Waals surface area contributed by atoms with Crippen molar-refractivity contribution in [3.8, 4) is 0 Å². The van der Waals surface area contributed by atoms with Gasteiger partial charge in [0.2, 0.25) is 5.89 Å². The monoisotopic (exact) mass is 257 g/mol. The molecule has 5 nitrogen and oxygen atoms in total. The summed E-state index contributed by atoms with van der Waals surface area (Å²) >= 11 is 0. The quantitative estimate of drug-likeness (QED) is 0.840. The first-order valence-electron chi connectivity index (χ1n) is 5.45. The van der Waals surface area contributed by atoms with Gasteiger partial charge in [-0.15, -0.1) is 0 Å². The van der Waals surface area contributed by atoms with E-state index in [0.717, 1.165) is 6.26 Å². The fraction of sp³-hybridized carbons (Fsp3) is 0.636. The molecular weight excluding hydrogens is 238 g/mol. The highest BCUT2D eigenvalue weighted by atomic mass is 28.4. The maximum Gasteiger partial charge on any atom is 0.357 e. The van der Waals surface area contributed by atoms with Gasteiger partial charge in [0.25, 0.3) is 0 Å². The highest BCUT2D eigenvalue weighted by molar-refractivity contribution is 6.74. The van der Waals surface area contributed by atoms with Crippen LogP contribution in [0.15, 0.2) is 10.7 Å². The Morgan fingerprint density at radius 1 is 1.53 bits per heavy atom. The minimum atomic E-state index is -1.85. The van der Waals surface area contributed by atoms with Gasteiger partial charge in [-0.05, 0) is 18.1 Å². The lowest BCUT2D eigenvalue weighted by Gasteiger charge is -2.35. The summed E-state index contributed by atoms with van der Waals surface area (Å²) < 4.78 is 10.9. The summed E-state index contributed by atoms with van der Waals surface area (Å²) in [5, 5.41) is 8.81. The largest absolute Gasteiger partial charge is 0.476 e. The lowest BCUT2D eigenvalue weighted by molar-refractivity contribution is 0.0690. The molecule has 1 rings (SSSR count). The average molecular weight is 257 g/mol. The minimum Gasteiger partial charge on any atom is -0.476 e. The summed E-state index contributed by atoms with van der Waals surface area (Å²) in [6, 6.07) is 0. The summed E-state index contributed by atoms with van der Waals surface area (Å²) in [7, 11) is -1.85. The molecule has 0 unspecified atom stereocenters. The highest BCUT2D eigenvalue weighted by Gasteiger charge is 2.37. The van der Waals surface area contributed by atoms with E-state index in [9.17, 15) is 4.79 Å². The van der Waals surface area contributed by atoms with Gasteiger partial charge in [0.15, 0.2) is 14.0 Å². The van der Waals surface area contributed by atoms with Gasteiger partial charge in [-0.1, -0.05) is 20.8 Å². The van der Waals surface area contributed by atoms with Crippen molar-refractivity contribution in [1.29, 1.82) is 0 Å². The first-order chi connectivity index (χ1) is 7.63. The van der Waals surface area contributed by atoms with Gasteiger partial charge < -0.3 is 13.9 Å². The summed E-state index contributed by atoms with van der Waals surface area (Å²) in [4.78, 5) is 14.4. The molecule has 0 radical (unpaired) electrons. The van der Waals surface area contributed by atoms with Gasteiger partial charge in [0.05, 0.1) is 0 Å². The second kappa shape index (κ2) is 4.62. The summed E-state index contributed by atoms with van der Waals surface area (Å²) in [5.41, 5.74) is -0.0844. The number of rotatable bonds is 4. The number of nitrogens with zero attached hydrogens (tertiary/aromatic N) is 1. The zero-order chi connectivity index (χ0) is 13.3. The molecule has 0 saturated carbocycles. The van der Waals surface area contributed by atoms with Crippen LogP contribution in [0.1, 0.15) is 37.2 Å². The van der Waals surface area contributed by atoms with Crippen LogP contribution in [0.2, 0.25) is 18.1 Å². The number of aromatic nitrogens is 1. The Morgan fingerprint density at radius 2 is 2.12 bits per heavy atom. The molecule has 0 bridgehead atoms. The molecule has 0 fully saturated rings. The molecule has 0 atom stereocenters. The molecule has 1 heterocycles. The normalized spacial score (nSPS) is 12.8. The number of hydrogen-bond acceptors (Lipinski definition) is 4. The van der Waals surface area contributed by atoms with E-state index in [2.05, 4.69) is 38.8 Å². The standard InChI is InChI=1S/C11H19NO4Si/c1-11(2,3)17(4,5)16-7-9-12-8(6-15-9)10(13)14/h6H,7H2,1-5H3,(H,13,14). The molecular formula is C11H19NO4Si. The fourth-order valence-electron chi connectivity index (χ4n) is 0.934. The number of hydrogen-bond donors (Lipinski definition) is 1. The summed E-state index contributed by atoms with van der Waals surface area (Å²) in [5.74, 6) is -0.778. The van der Waals surface area contributed by atoms with Crippen molar-refractivity contribution in [1.82, 2.24) is 4.98 Å². The van der Waals surface area contributed by atoms with Gasteiger partial charge in [-0.3, -0.25) is 0 Å². The smallest absolute Gasteiger partial charge is 0.357 e. The Morgan fingerprint density at radius 3 is 2.53 bits per heavy atom. The molecule has 0 aromatic carbocycles. The Balaban J connectivity index is 2.64. The average Bonchev–Trinajstić information content (AvgIpc) is 2.61. The van der Waals surface area contributed by atoms with E-state index in [1.165, 1.54) is 0 Å². The third-order valence-corrected chi connectivity index (χ3v) is 7.61. The lowest BCUT2D eigenvalue weighted by atomic mass is 10.2. The van der Waals surface area contributed by atoms with E-state index in [1.54, 1.807) is 0 Å². The molecule has 1 aromatic rings. The van der Waals surface area contributed by atoms with Crippen molar-refractivity contribution >= 4 is 14.3 Å². The molecule has 96 valence electrons. The van der Waals surface area contributed by atoms with Crippen molar-refractivity contribution in [3.05, 3.63) is 17.8 Å². The lowest BCUT2D eigenvalue weighted by Crippen LogP contribution is -2.40. The maximum atomic E-state index is 10.6. The van der Waals surface area contributed by atoms with Gasteiger partial charge in [-0.25, -0.2) is 9.78 Å². The van der Waals surface area contributed by atoms with Gasteiger partial charge in [0, 0.05) is 0 Å². The summed E-state index contributed by atoms with van der Waals surface area (Å²) in [6.45, 7) is 10.9. The fourth-order valence-corrected chi connectivity index (χ4v) is 1.85. The van der Waals surface area contributed by atoms with Crippen molar-refractivity contribution < 1.29 is 18.7 Å². The Kier molecular flexibility index (Phi) is 3.78. The predicted octanol–water partition coefficient (Wildman–Crippen LogP) is 2.89. The van der Waals surface area contributed by atoms with E-state index in [4.69, 9.17) is 13.9 Å². The molecule has 0 amide bonds. The second-order valence-electron chi connectivity index (χ2n) is 5.48. The van der Waals surface area contributed by atoms with E-state index in [-0.39, 0.29) is 17.3 Å². The molecule has 0 aliphatic rings. The predicted molar refractivity (Wildman–Crippen MR) is 65.4 cm³/mol. The van der Waals surface area contributed by atoms with Crippen LogP contribution in [0.3, 0.4) is 0 Å². The molecule has 0 saturated heterocycles. The molecule has 0 aliphatic heterocycles. The van der Waals surface area contributed by atoms with Gasteiger partial charge >= 0.3 is 5.97 Å². The Hall–Kier alpha value is -1.14. The zero-order valence-electron chi connectivity index (χ0n) is 10.9. The van der Waals surface area contributed by atoms with E-state index >= 15 is 0 Å². The van der Waals surface area contributed by atoms with Crippen LogP contribution in [-0.4, -0.2) is 24.4 Å². The number of carboxylic acids is 1. The SMILES string of the molecule is CC(C)(C)[Si](C)(C)OCc1nc(C(=O)O)co1. The molecule has 0 spiro atoms. The van der Waals surface area contributed by atoms with Crippen LogP contribution >= 0.6 is 0 Å². The highest BCUT2D eigenvalue weighted by Crippen LogP contribution is 2.36. The van der Waals surface area contributed by atoms with Crippen LogP contribution in [0.25, 0.3) is 0 Å². The van der Waals surface area contributed by atoms with Crippen LogP contribution in [0.4, 0.5) is 0 Å². The van der Waals surface area contributed by atoms with Crippen LogP contribution in [0, 0.1) is 0 Å². The van der Waals surface area contributed by atoms with Crippen LogP contribution in [-0.2, 0) is 11.0 Å². The van der Waals surface area contributed by atoms with Crippen LogP contribution in [0.5, 0.6) is 0 Å². The van der Waals surface area contributed by atoms with Gasteiger partial charge in [0.1, 0.15) is 12.9 Å². The van der Waals surface area contributed by atoms with Crippen molar-refractivity contribution in [2.75, 3.05) is 0 Å². The maximum absolute atomic E-state index is 10.6. The third kappa shape index (κ3) is 3.40. The number of carbonyl (C=O) groups is 1. The topological polar surface area (TPSA) is 72.6 Å². The van der Waals surface area contributed by atoms with Gasteiger partial charge in [-0.2, -0.15) is 0 Å². The van der Waals surface area contributed by atoms with E-state index < -0.39 is 14.3 Å². The second-order valence-corrected chi connectivity index (χ2v) is 10.3. The number of carboxylic acid groups (broad SMARTS) is 1. The molecule has 6 heteroatoms. The van der Waals surface area contributed by atoms with Crippen molar-refractivity contribution in [2.24, 2.45) is 0 Å². The Labute approximate surface area is 102 Å². The molecule has 1 aromatic heterocycles. The van der Waals surface area contributed by atoms with Crippen molar-refractivity contribution in [2.45, 2.75) is 45.5 Å². The molecule has 0 aliphatic carbocycles. The minimum absolute atomic E-state index is 0.0844. The zero-order valence-corrected chi connectivity index (χ0v) is 11.9. The first kappa shape index (κ1) is 13.9. The first-order valence-corrected chi connectivity index (χ1v) is 8.36. The Bertz CT molecular complexity index is 406. The third-order valence-electron chi connectivity index (χ3n) is 3.13. The van der Waals surface area contributed by atoms with E-state index in [0.29, 0.717) is 5.89 Å².